The van der Waals surface area contributed by atoms with Gasteiger partial charge in [0.1, 0.15) is 17.7 Å². The Kier molecular flexibility index (Phi) is 4.16. The number of benzene rings is 1. The molecule has 3 rings (SSSR count). The molecular formula is C17H17FN4O2. The fourth-order valence-corrected chi connectivity index (χ4v) is 2.58. The lowest BCUT2D eigenvalue weighted by Crippen LogP contribution is -2.31. The molecule has 0 aliphatic heterocycles. The summed E-state index contributed by atoms with van der Waals surface area (Å²) in [5.74, 6) is 0.334. The number of oxazole rings is 1. The van der Waals surface area contributed by atoms with Crippen LogP contribution in [0, 0.1) is 19.7 Å². The maximum atomic E-state index is 13.6. The van der Waals surface area contributed by atoms with Crippen LogP contribution in [0.3, 0.4) is 0 Å². The number of imidazole rings is 1. The predicted octanol–water partition coefficient (Wildman–Crippen LogP) is 2.68. The first kappa shape index (κ1) is 15.9. The third kappa shape index (κ3) is 3.05. The minimum atomic E-state index is -0.613. The Balaban J connectivity index is 1.98. The molecule has 0 aliphatic carbocycles. The average Bonchev–Trinajstić information content (AvgIpc) is 3.10. The van der Waals surface area contributed by atoms with Crippen LogP contribution >= 0.6 is 0 Å². The van der Waals surface area contributed by atoms with Crippen LogP contribution in [0.2, 0.25) is 0 Å². The highest BCUT2D eigenvalue weighted by atomic mass is 19.1. The zero-order valence-electron chi connectivity index (χ0n) is 13.6. The van der Waals surface area contributed by atoms with Crippen molar-refractivity contribution in [1.29, 1.82) is 0 Å². The van der Waals surface area contributed by atoms with Gasteiger partial charge in [0.15, 0.2) is 5.89 Å². The molecule has 0 bridgehead atoms. The number of nitrogens with one attached hydrogen (secondary N) is 1. The highest BCUT2D eigenvalue weighted by molar-refractivity contribution is 5.92. The van der Waals surface area contributed by atoms with Gasteiger partial charge in [-0.25, -0.2) is 14.4 Å². The van der Waals surface area contributed by atoms with Crippen molar-refractivity contribution in [3.63, 3.8) is 0 Å². The lowest BCUT2D eigenvalue weighted by Gasteiger charge is -2.18. The second-order valence-electron chi connectivity index (χ2n) is 5.51. The zero-order valence-corrected chi connectivity index (χ0v) is 13.6. The molecule has 2 aromatic heterocycles. The molecule has 7 heteroatoms. The molecule has 2 heterocycles. The molecule has 0 saturated carbocycles. The summed E-state index contributed by atoms with van der Waals surface area (Å²) in [6, 6.07) is 5.44. The van der Waals surface area contributed by atoms with E-state index in [1.165, 1.54) is 12.1 Å². The lowest BCUT2D eigenvalue weighted by molar-refractivity contribution is 0.0911. The number of amides is 1. The van der Waals surface area contributed by atoms with Crippen LogP contribution in [0.1, 0.15) is 39.6 Å². The van der Waals surface area contributed by atoms with E-state index in [4.69, 9.17) is 4.42 Å². The van der Waals surface area contributed by atoms with Crippen molar-refractivity contribution in [2.24, 2.45) is 7.05 Å². The molecular weight excluding hydrogens is 311 g/mol. The van der Waals surface area contributed by atoms with Gasteiger partial charge in [0.25, 0.3) is 5.91 Å². The summed E-state index contributed by atoms with van der Waals surface area (Å²) in [6.07, 6.45) is 3.38. The summed E-state index contributed by atoms with van der Waals surface area (Å²) >= 11 is 0. The summed E-state index contributed by atoms with van der Waals surface area (Å²) in [5.41, 5.74) is 1.09. The van der Waals surface area contributed by atoms with E-state index >= 15 is 0 Å². The van der Waals surface area contributed by atoms with Crippen LogP contribution in [0.4, 0.5) is 4.39 Å². The van der Waals surface area contributed by atoms with E-state index in [9.17, 15) is 9.18 Å². The van der Waals surface area contributed by atoms with Gasteiger partial charge in [-0.1, -0.05) is 12.1 Å². The van der Waals surface area contributed by atoms with E-state index in [0.717, 1.165) is 0 Å². The molecule has 1 aromatic carbocycles. The van der Waals surface area contributed by atoms with Gasteiger partial charge in [0.2, 0.25) is 5.76 Å². The van der Waals surface area contributed by atoms with E-state index in [0.29, 0.717) is 23.0 Å². The highest BCUT2D eigenvalue weighted by Gasteiger charge is 2.24. The molecule has 1 amide bonds. The van der Waals surface area contributed by atoms with Gasteiger partial charge in [-0.2, -0.15) is 0 Å². The van der Waals surface area contributed by atoms with E-state index in [2.05, 4.69) is 15.3 Å². The Morgan fingerprint density at radius 3 is 2.75 bits per heavy atom. The van der Waals surface area contributed by atoms with Crippen molar-refractivity contribution in [3.05, 3.63) is 71.2 Å². The molecule has 0 saturated heterocycles. The van der Waals surface area contributed by atoms with Crippen LogP contribution < -0.4 is 5.32 Å². The van der Waals surface area contributed by atoms with Gasteiger partial charge < -0.3 is 14.3 Å². The third-order valence-corrected chi connectivity index (χ3v) is 3.68. The SMILES string of the molecule is Cc1nc(C)c(C(=O)N[C@@H](c2cccc(F)c2)c2nccn2C)o1. The third-order valence-electron chi connectivity index (χ3n) is 3.68. The average molecular weight is 328 g/mol. The van der Waals surface area contributed by atoms with Gasteiger partial charge in [-0.15, -0.1) is 0 Å². The standard InChI is InChI=1S/C17H17FN4O2/c1-10-15(24-11(2)20-10)17(23)21-14(16-19-7-8-22(16)3)12-5-4-6-13(18)9-12/h4-9,14H,1-3H3,(H,21,23)/t14-/m0/s1. The number of hydrogen-bond acceptors (Lipinski definition) is 4. The highest BCUT2D eigenvalue weighted by Crippen LogP contribution is 2.22. The number of halogens is 1. The molecule has 1 atom stereocenters. The molecule has 1 N–H and O–H groups in total. The molecule has 0 spiro atoms. The Hall–Kier alpha value is -2.96. The van der Waals surface area contributed by atoms with Gasteiger partial charge in [-0.05, 0) is 24.6 Å². The van der Waals surface area contributed by atoms with Crippen LogP contribution in [0.15, 0.2) is 41.1 Å². The van der Waals surface area contributed by atoms with Crippen LogP contribution in [0.5, 0.6) is 0 Å². The van der Waals surface area contributed by atoms with Crippen molar-refractivity contribution in [2.75, 3.05) is 0 Å². The Morgan fingerprint density at radius 2 is 2.17 bits per heavy atom. The fraction of sp³-hybridized carbons (Fsp3) is 0.235. The van der Waals surface area contributed by atoms with Crippen molar-refractivity contribution in [1.82, 2.24) is 19.9 Å². The van der Waals surface area contributed by atoms with E-state index < -0.39 is 11.9 Å². The van der Waals surface area contributed by atoms with Gasteiger partial charge in [-0.3, -0.25) is 4.79 Å². The second kappa shape index (κ2) is 6.27. The quantitative estimate of drug-likeness (QED) is 0.799. The first-order chi connectivity index (χ1) is 11.5. The normalized spacial score (nSPS) is 12.2. The first-order valence-electron chi connectivity index (χ1n) is 7.43. The molecule has 24 heavy (non-hydrogen) atoms. The number of nitrogens with zero attached hydrogens (tertiary/aromatic N) is 3. The Bertz CT molecular complexity index is 884. The lowest BCUT2D eigenvalue weighted by atomic mass is 10.1. The zero-order chi connectivity index (χ0) is 17.3. The summed E-state index contributed by atoms with van der Waals surface area (Å²) in [4.78, 5) is 21.0. The van der Waals surface area contributed by atoms with Crippen molar-refractivity contribution in [3.8, 4) is 0 Å². The molecule has 0 radical (unpaired) electrons. The van der Waals surface area contributed by atoms with Crippen molar-refractivity contribution < 1.29 is 13.6 Å². The largest absolute Gasteiger partial charge is 0.436 e. The molecule has 0 fully saturated rings. The number of rotatable bonds is 4. The maximum Gasteiger partial charge on any atom is 0.289 e. The van der Waals surface area contributed by atoms with Gasteiger partial charge in [0.05, 0.1) is 5.69 Å². The summed E-state index contributed by atoms with van der Waals surface area (Å²) in [7, 11) is 1.81. The van der Waals surface area contributed by atoms with Crippen LogP contribution in [-0.2, 0) is 7.05 Å². The molecule has 124 valence electrons. The predicted molar refractivity (Wildman–Crippen MR) is 84.9 cm³/mol. The molecule has 3 aromatic rings. The summed E-state index contributed by atoms with van der Waals surface area (Å²) in [6.45, 7) is 3.37. The van der Waals surface area contributed by atoms with E-state index in [1.807, 2.05) is 7.05 Å². The Labute approximate surface area is 138 Å². The minimum absolute atomic E-state index is 0.142. The van der Waals surface area contributed by atoms with Crippen molar-refractivity contribution >= 4 is 5.91 Å². The second-order valence-corrected chi connectivity index (χ2v) is 5.51. The first-order valence-corrected chi connectivity index (χ1v) is 7.43. The maximum absolute atomic E-state index is 13.6. The monoisotopic (exact) mass is 328 g/mol. The number of carbonyl (C=O) groups excluding carboxylic acids is 1. The smallest absolute Gasteiger partial charge is 0.289 e. The molecule has 0 unspecified atom stereocenters. The summed E-state index contributed by atoms with van der Waals surface area (Å²) < 4.78 is 20.8. The molecule has 0 aliphatic rings. The van der Waals surface area contributed by atoms with E-state index in [-0.39, 0.29) is 11.6 Å². The van der Waals surface area contributed by atoms with Crippen LogP contribution in [-0.4, -0.2) is 20.4 Å². The van der Waals surface area contributed by atoms with Gasteiger partial charge >= 0.3 is 0 Å². The van der Waals surface area contributed by atoms with E-state index in [1.54, 1.807) is 42.9 Å². The topological polar surface area (TPSA) is 73.0 Å². The Morgan fingerprint density at radius 1 is 1.38 bits per heavy atom. The number of aromatic nitrogens is 3. The van der Waals surface area contributed by atoms with Crippen molar-refractivity contribution in [2.45, 2.75) is 19.9 Å². The number of aryl methyl sites for hydroxylation is 3. The summed E-state index contributed by atoms with van der Waals surface area (Å²) in [5, 5.41) is 2.85. The fourth-order valence-electron chi connectivity index (χ4n) is 2.58. The van der Waals surface area contributed by atoms with Crippen LogP contribution in [0.25, 0.3) is 0 Å². The number of hydrogen-bond donors (Lipinski definition) is 1. The van der Waals surface area contributed by atoms with Gasteiger partial charge in [0, 0.05) is 26.4 Å². The minimum Gasteiger partial charge on any atom is -0.436 e. The molecule has 6 nitrogen and oxygen atoms in total. The number of carbonyl (C=O) groups is 1.